The lowest BCUT2D eigenvalue weighted by Gasteiger charge is -2.15. The topological polar surface area (TPSA) is 145 Å². The summed E-state index contributed by atoms with van der Waals surface area (Å²) in [5.41, 5.74) is 8.57. The molecular weight excluding hydrogens is 394 g/mol. The lowest BCUT2D eigenvalue weighted by molar-refractivity contribution is 0.281. The summed E-state index contributed by atoms with van der Waals surface area (Å²) in [6, 6.07) is 11.9. The minimum atomic E-state index is -2.24. The van der Waals surface area contributed by atoms with Crippen molar-refractivity contribution in [1.82, 2.24) is 15.0 Å². The fourth-order valence-electron chi connectivity index (χ4n) is 2.34. The summed E-state index contributed by atoms with van der Waals surface area (Å²) in [6.45, 7) is 1.76. The van der Waals surface area contributed by atoms with Gasteiger partial charge in [0.1, 0.15) is 0 Å². The van der Waals surface area contributed by atoms with Crippen molar-refractivity contribution in [2.75, 3.05) is 22.8 Å². The van der Waals surface area contributed by atoms with Gasteiger partial charge in [-0.3, -0.25) is 15.8 Å². The number of hydrogen-bond acceptors (Lipinski definition) is 10. The third-order valence-electron chi connectivity index (χ3n) is 3.72. The van der Waals surface area contributed by atoms with E-state index in [1.807, 2.05) is 19.1 Å². The second-order valence-electron chi connectivity index (χ2n) is 6.05. The second kappa shape index (κ2) is 9.78. The van der Waals surface area contributed by atoms with Crippen LogP contribution in [0.5, 0.6) is 0 Å². The highest BCUT2D eigenvalue weighted by Gasteiger charge is 2.09. The Morgan fingerprint density at radius 1 is 1.17 bits per heavy atom. The van der Waals surface area contributed by atoms with E-state index in [9.17, 15) is 9.32 Å². The Balaban J connectivity index is 1.81. The van der Waals surface area contributed by atoms with Gasteiger partial charge in [-0.15, -0.1) is 0 Å². The zero-order valence-electron chi connectivity index (χ0n) is 15.5. The second-order valence-corrected chi connectivity index (χ2v) is 6.69. The van der Waals surface area contributed by atoms with Gasteiger partial charge < -0.3 is 23.5 Å². The molecule has 11 heteroatoms. The molecule has 0 aliphatic rings. The Hall–Kier alpha value is -3.28. The molecule has 0 saturated heterocycles. The average Bonchev–Trinajstić information content (AvgIpc) is 2.73. The summed E-state index contributed by atoms with van der Waals surface area (Å²) in [6.07, 6.45) is 3.38. The van der Waals surface area contributed by atoms with Crippen LogP contribution in [0.2, 0.25) is 0 Å². The normalized spacial score (nSPS) is 12.9. The molecule has 1 aromatic carbocycles. The third-order valence-corrected chi connectivity index (χ3v) is 4.09. The molecule has 29 heavy (non-hydrogen) atoms. The van der Waals surface area contributed by atoms with E-state index in [2.05, 4.69) is 35.5 Å². The van der Waals surface area contributed by atoms with Crippen molar-refractivity contribution in [2.24, 2.45) is 4.36 Å². The predicted octanol–water partition coefficient (Wildman–Crippen LogP) is 3.02. The smallest absolute Gasteiger partial charge is 0.225 e. The summed E-state index contributed by atoms with van der Waals surface area (Å²) in [5, 5.41) is 12.3. The molecule has 5 N–H and O–H groups in total. The van der Waals surface area contributed by atoms with Crippen molar-refractivity contribution in [1.29, 1.82) is 0 Å². The number of benzene rings is 1. The molecule has 2 heterocycles. The van der Waals surface area contributed by atoms with Gasteiger partial charge in [0.25, 0.3) is 0 Å². The lowest BCUT2D eigenvalue weighted by atomic mass is 10.2. The van der Waals surface area contributed by atoms with E-state index >= 15 is 0 Å². The number of anilines is 3. The van der Waals surface area contributed by atoms with E-state index in [0.29, 0.717) is 28.8 Å². The van der Waals surface area contributed by atoms with Gasteiger partial charge in [0.05, 0.1) is 18.0 Å². The number of hydrazine groups is 1. The van der Waals surface area contributed by atoms with Crippen molar-refractivity contribution >= 4 is 34.0 Å². The van der Waals surface area contributed by atoms with Gasteiger partial charge in [-0.2, -0.15) is 4.98 Å². The molecule has 0 saturated carbocycles. The minimum absolute atomic E-state index is 0.0580. The highest BCUT2D eigenvalue weighted by atomic mass is 32.2. The molecule has 10 nitrogen and oxygen atoms in total. The number of aliphatic hydroxyl groups excluding tert-OH is 1. The first-order valence-electron chi connectivity index (χ1n) is 8.65. The molecule has 0 aliphatic carbocycles. The maximum Gasteiger partial charge on any atom is 0.225 e. The van der Waals surface area contributed by atoms with Crippen LogP contribution in [-0.4, -0.2) is 37.3 Å². The largest absolute Gasteiger partial charge is 0.454 e. The molecule has 0 spiro atoms. The number of rotatable bonds is 8. The Morgan fingerprint density at radius 3 is 2.62 bits per heavy atom. The maximum atomic E-state index is 10.7. The van der Waals surface area contributed by atoms with Crippen LogP contribution in [0.25, 0.3) is 11.3 Å². The molecule has 0 aliphatic heterocycles. The van der Waals surface area contributed by atoms with Crippen LogP contribution in [0, 0.1) is 0 Å². The van der Waals surface area contributed by atoms with Crippen molar-refractivity contribution in [3.63, 3.8) is 0 Å². The van der Waals surface area contributed by atoms with Gasteiger partial charge in [0, 0.05) is 35.8 Å². The van der Waals surface area contributed by atoms with Gasteiger partial charge in [-0.25, -0.2) is 4.98 Å². The molecular formula is C18H20N7O3S-. The number of aromatic nitrogens is 3. The highest BCUT2D eigenvalue weighted by molar-refractivity contribution is 7.68. The Bertz CT molecular complexity index is 1030. The Labute approximate surface area is 169 Å². The van der Waals surface area contributed by atoms with E-state index in [1.165, 1.54) is 0 Å². The van der Waals surface area contributed by atoms with Gasteiger partial charge in [-0.05, 0) is 43.3 Å². The zero-order chi connectivity index (χ0) is 20.6. The first-order valence-corrected chi connectivity index (χ1v) is 9.71. The first-order chi connectivity index (χ1) is 14.0. The number of hydrogen-bond donors (Lipinski definition) is 5. The molecule has 152 valence electrons. The van der Waals surface area contributed by atoms with Gasteiger partial charge in [0.15, 0.2) is 5.82 Å². The maximum absolute atomic E-state index is 10.7. The lowest BCUT2D eigenvalue weighted by Crippen LogP contribution is -2.21. The molecule has 3 aromatic rings. The van der Waals surface area contributed by atoms with Crippen LogP contribution < -0.4 is 16.2 Å². The number of nitrogens with one attached hydrogen (secondary N) is 3. The van der Waals surface area contributed by atoms with Gasteiger partial charge >= 0.3 is 0 Å². The summed E-state index contributed by atoms with van der Waals surface area (Å²) >= 11 is 0. The van der Waals surface area contributed by atoms with E-state index < -0.39 is 10.9 Å². The minimum Gasteiger partial charge on any atom is -0.454 e. The standard InChI is InChI=1S/C18H20N7O3S/c1-12(11-26)20-18-21-16(13-3-2-8-19-10-13)9-17(22-18)24-23-14-4-6-15(7-5-14)25-29(27)28/h2-10,12,23,26H,11H2,1H3,(H,25,27,28)(H2,20,21,22,24)/q-1/t12-/m1/s1. The van der Waals surface area contributed by atoms with E-state index in [-0.39, 0.29) is 12.6 Å². The molecule has 0 amide bonds. The average molecular weight is 414 g/mol. The van der Waals surface area contributed by atoms with Crippen molar-refractivity contribution in [2.45, 2.75) is 13.0 Å². The monoisotopic (exact) mass is 414 g/mol. The predicted molar refractivity (Wildman–Crippen MR) is 112 cm³/mol. The molecule has 1 atom stereocenters. The quantitative estimate of drug-likeness (QED) is 0.213. The molecule has 3 rings (SSSR count). The number of pyridine rings is 1. The van der Waals surface area contributed by atoms with E-state index in [0.717, 1.165) is 5.56 Å². The summed E-state index contributed by atoms with van der Waals surface area (Å²) in [4.78, 5) is 13.0. The van der Waals surface area contributed by atoms with Crippen molar-refractivity contribution in [3.8, 4) is 11.3 Å². The molecule has 0 fully saturated rings. The van der Waals surface area contributed by atoms with E-state index in [4.69, 9.17) is 4.55 Å². The molecule has 0 bridgehead atoms. The van der Waals surface area contributed by atoms with Crippen LogP contribution in [-0.2, 0) is 15.1 Å². The van der Waals surface area contributed by atoms with Crippen LogP contribution >= 0.6 is 0 Å². The Morgan fingerprint density at radius 2 is 1.97 bits per heavy atom. The molecule has 0 unspecified atom stereocenters. The molecule has 0 radical (unpaired) electrons. The SMILES string of the molecule is C[C@H](CO)Nc1nc(NNc2ccc(N=[S-](=O)O)cc2)cc(-c2cccnc2)n1. The van der Waals surface area contributed by atoms with Gasteiger partial charge in [-0.1, -0.05) is 10.9 Å². The molecule has 2 aromatic heterocycles. The summed E-state index contributed by atoms with van der Waals surface area (Å²) < 4.78 is 23.0. The van der Waals surface area contributed by atoms with Crippen LogP contribution in [0.1, 0.15) is 6.92 Å². The van der Waals surface area contributed by atoms with Crippen LogP contribution in [0.3, 0.4) is 0 Å². The Kier molecular flexibility index (Phi) is 6.89. The van der Waals surface area contributed by atoms with Crippen LogP contribution in [0.4, 0.5) is 23.1 Å². The fraction of sp³-hybridized carbons (Fsp3) is 0.167. The highest BCUT2D eigenvalue weighted by Crippen LogP contribution is 2.22. The number of aliphatic hydroxyl groups is 1. The summed E-state index contributed by atoms with van der Waals surface area (Å²) in [7, 11) is -2.24. The van der Waals surface area contributed by atoms with Crippen LogP contribution in [0.15, 0.2) is 59.2 Å². The third kappa shape index (κ3) is 6.10. The first kappa shape index (κ1) is 20.5. The fourth-order valence-corrected chi connectivity index (χ4v) is 2.64. The zero-order valence-corrected chi connectivity index (χ0v) is 16.3. The van der Waals surface area contributed by atoms with Crippen molar-refractivity contribution < 1.29 is 13.9 Å². The summed E-state index contributed by atoms with van der Waals surface area (Å²) in [5.74, 6) is 0.855. The number of nitrogens with zero attached hydrogens (tertiary/aromatic N) is 4. The van der Waals surface area contributed by atoms with E-state index in [1.54, 1.807) is 42.7 Å². The van der Waals surface area contributed by atoms with Gasteiger partial charge in [0.2, 0.25) is 5.95 Å². The van der Waals surface area contributed by atoms with Crippen molar-refractivity contribution in [3.05, 3.63) is 54.9 Å².